The Kier molecular flexibility index (Phi) is 5.45. The largest absolute Gasteiger partial charge is 0.493 e. The highest BCUT2D eigenvalue weighted by Gasteiger charge is 2.12. The molecule has 0 radical (unpaired) electrons. The molecular formula is C13H19NO4. The second kappa shape index (κ2) is 6.86. The number of benzene rings is 1. The lowest BCUT2D eigenvalue weighted by Crippen LogP contribution is -2.29. The van der Waals surface area contributed by atoms with Gasteiger partial charge in [0, 0.05) is 7.11 Å². The molecule has 1 aromatic carbocycles. The minimum absolute atomic E-state index is 0.0532. The molecule has 0 saturated carbocycles. The number of ether oxygens (including phenoxy) is 3. The molecule has 0 aliphatic heterocycles. The van der Waals surface area contributed by atoms with Gasteiger partial charge < -0.3 is 19.5 Å². The Morgan fingerprint density at radius 1 is 1.22 bits per heavy atom. The van der Waals surface area contributed by atoms with Crippen LogP contribution in [-0.4, -0.2) is 33.8 Å². The van der Waals surface area contributed by atoms with E-state index >= 15 is 0 Å². The van der Waals surface area contributed by atoms with Gasteiger partial charge in [-0.15, -0.1) is 0 Å². The topological polar surface area (TPSA) is 56.8 Å². The number of rotatable bonds is 6. The summed E-state index contributed by atoms with van der Waals surface area (Å²) in [4.78, 5) is 11.4. The Hall–Kier alpha value is -1.75. The first-order valence-electron chi connectivity index (χ1n) is 5.62. The van der Waals surface area contributed by atoms with E-state index in [0.29, 0.717) is 11.5 Å². The van der Waals surface area contributed by atoms with Crippen LogP contribution in [0.5, 0.6) is 11.5 Å². The van der Waals surface area contributed by atoms with Crippen molar-refractivity contribution in [2.24, 2.45) is 0 Å². The zero-order valence-electron chi connectivity index (χ0n) is 11.1. The lowest BCUT2D eigenvalue weighted by Gasteiger charge is -2.16. The van der Waals surface area contributed by atoms with E-state index in [2.05, 4.69) is 5.32 Å². The van der Waals surface area contributed by atoms with Gasteiger partial charge in [-0.2, -0.15) is 0 Å². The molecule has 0 saturated heterocycles. The maximum Gasteiger partial charge on any atom is 0.246 e. The molecule has 1 aromatic rings. The van der Waals surface area contributed by atoms with Crippen LogP contribution in [0.15, 0.2) is 18.2 Å². The summed E-state index contributed by atoms with van der Waals surface area (Å²) >= 11 is 0. The molecule has 1 amide bonds. The van der Waals surface area contributed by atoms with E-state index in [1.165, 1.54) is 7.11 Å². The third-order valence-corrected chi connectivity index (χ3v) is 2.56. The van der Waals surface area contributed by atoms with E-state index in [4.69, 9.17) is 14.2 Å². The molecule has 18 heavy (non-hydrogen) atoms. The number of methoxy groups -OCH3 is 3. The van der Waals surface area contributed by atoms with Gasteiger partial charge in [-0.05, 0) is 24.6 Å². The van der Waals surface area contributed by atoms with Crippen LogP contribution in [-0.2, 0) is 9.53 Å². The van der Waals surface area contributed by atoms with Crippen molar-refractivity contribution in [1.82, 2.24) is 5.32 Å². The van der Waals surface area contributed by atoms with Crippen LogP contribution in [0, 0.1) is 0 Å². The summed E-state index contributed by atoms with van der Waals surface area (Å²) in [5.41, 5.74) is 0.942. The number of hydrogen-bond donors (Lipinski definition) is 1. The van der Waals surface area contributed by atoms with E-state index in [1.807, 2.05) is 25.1 Å². The van der Waals surface area contributed by atoms with Crippen molar-refractivity contribution in [3.63, 3.8) is 0 Å². The Bertz CT molecular complexity index is 406. The van der Waals surface area contributed by atoms with Crippen molar-refractivity contribution in [2.75, 3.05) is 27.9 Å². The van der Waals surface area contributed by atoms with Crippen LogP contribution in [0.3, 0.4) is 0 Å². The molecule has 0 fully saturated rings. The van der Waals surface area contributed by atoms with Gasteiger partial charge >= 0.3 is 0 Å². The van der Waals surface area contributed by atoms with Crippen LogP contribution >= 0.6 is 0 Å². The van der Waals surface area contributed by atoms with Gasteiger partial charge in [-0.3, -0.25) is 4.79 Å². The molecule has 0 spiro atoms. The number of amides is 1. The van der Waals surface area contributed by atoms with Crippen LogP contribution in [0.2, 0.25) is 0 Å². The minimum Gasteiger partial charge on any atom is -0.493 e. The van der Waals surface area contributed by atoms with Crippen molar-refractivity contribution in [1.29, 1.82) is 0 Å². The third-order valence-electron chi connectivity index (χ3n) is 2.56. The van der Waals surface area contributed by atoms with Crippen molar-refractivity contribution in [3.05, 3.63) is 23.8 Å². The van der Waals surface area contributed by atoms with E-state index < -0.39 is 0 Å². The molecule has 5 heteroatoms. The van der Waals surface area contributed by atoms with Gasteiger partial charge in [-0.25, -0.2) is 0 Å². The molecular weight excluding hydrogens is 234 g/mol. The fourth-order valence-corrected chi connectivity index (χ4v) is 1.62. The van der Waals surface area contributed by atoms with E-state index in [-0.39, 0.29) is 18.6 Å². The van der Waals surface area contributed by atoms with Gasteiger partial charge in [0.1, 0.15) is 6.61 Å². The smallest absolute Gasteiger partial charge is 0.246 e. The second-order valence-corrected chi connectivity index (χ2v) is 3.84. The fraction of sp³-hybridized carbons (Fsp3) is 0.462. The lowest BCUT2D eigenvalue weighted by molar-refractivity contribution is -0.125. The zero-order valence-corrected chi connectivity index (χ0v) is 11.1. The molecule has 5 nitrogen and oxygen atoms in total. The Balaban J connectivity index is 2.79. The summed E-state index contributed by atoms with van der Waals surface area (Å²) < 4.78 is 15.1. The van der Waals surface area contributed by atoms with Gasteiger partial charge in [0.2, 0.25) is 5.91 Å². The fourth-order valence-electron chi connectivity index (χ4n) is 1.62. The summed E-state index contributed by atoms with van der Waals surface area (Å²) in [6.45, 7) is 1.95. The van der Waals surface area contributed by atoms with Crippen molar-refractivity contribution >= 4 is 5.91 Å². The Morgan fingerprint density at radius 3 is 2.44 bits per heavy atom. The Labute approximate surface area is 107 Å². The second-order valence-electron chi connectivity index (χ2n) is 3.84. The highest BCUT2D eigenvalue weighted by atomic mass is 16.5. The average Bonchev–Trinajstić information content (AvgIpc) is 2.38. The number of carbonyl (C=O) groups excluding carboxylic acids is 1. The molecule has 0 heterocycles. The van der Waals surface area contributed by atoms with Crippen molar-refractivity contribution < 1.29 is 19.0 Å². The van der Waals surface area contributed by atoms with Gasteiger partial charge in [-0.1, -0.05) is 6.07 Å². The van der Waals surface area contributed by atoms with Crippen molar-refractivity contribution in [2.45, 2.75) is 13.0 Å². The number of nitrogens with one attached hydrogen (secondary N) is 1. The van der Waals surface area contributed by atoms with Gasteiger partial charge in [0.15, 0.2) is 11.5 Å². The predicted molar refractivity (Wildman–Crippen MR) is 68.0 cm³/mol. The third kappa shape index (κ3) is 3.63. The van der Waals surface area contributed by atoms with E-state index in [9.17, 15) is 4.79 Å². The highest BCUT2D eigenvalue weighted by Crippen LogP contribution is 2.29. The minimum atomic E-state index is -0.153. The summed E-state index contributed by atoms with van der Waals surface area (Å²) in [7, 11) is 4.65. The highest BCUT2D eigenvalue weighted by molar-refractivity contribution is 5.77. The first-order valence-corrected chi connectivity index (χ1v) is 5.62. The summed E-state index contributed by atoms with van der Waals surface area (Å²) in [6, 6.07) is 5.43. The molecule has 1 N–H and O–H groups in total. The first-order chi connectivity index (χ1) is 8.62. The standard InChI is InChI=1S/C13H19NO4/c1-9(14-13(15)8-16-2)10-5-6-11(17-3)12(7-10)18-4/h5-7,9H,8H2,1-4H3,(H,14,15)/t9-/m1/s1. The summed E-state index contributed by atoms with van der Waals surface area (Å²) in [5, 5.41) is 2.83. The molecule has 1 rings (SSSR count). The predicted octanol–water partition coefficient (Wildman–Crippen LogP) is 1.53. The Morgan fingerprint density at radius 2 is 1.89 bits per heavy atom. The van der Waals surface area contributed by atoms with Gasteiger partial charge in [0.25, 0.3) is 0 Å². The molecule has 0 aromatic heterocycles. The van der Waals surface area contributed by atoms with Crippen LogP contribution in [0.25, 0.3) is 0 Å². The molecule has 0 aliphatic rings. The van der Waals surface area contributed by atoms with E-state index in [1.54, 1.807) is 14.2 Å². The van der Waals surface area contributed by atoms with Gasteiger partial charge in [0.05, 0.1) is 20.3 Å². The van der Waals surface area contributed by atoms with Crippen LogP contribution in [0.4, 0.5) is 0 Å². The SMILES string of the molecule is COCC(=O)N[C@H](C)c1ccc(OC)c(OC)c1. The average molecular weight is 253 g/mol. The molecule has 0 aliphatic carbocycles. The number of hydrogen-bond acceptors (Lipinski definition) is 4. The molecule has 0 unspecified atom stereocenters. The quantitative estimate of drug-likeness (QED) is 0.835. The lowest BCUT2D eigenvalue weighted by atomic mass is 10.1. The van der Waals surface area contributed by atoms with Crippen molar-refractivity contribution in [3.8, 4) is 11.5 Å². The van der Waals surface area contributed by atoms with Crippen LogP contribution < -0.4 is 14.8 Å². The van der Waals surface area contributed by atoms with Crippen LogP contribution in [0.1, 0.15) is 18.5 Å². The zero-order chi connectivity index (χ0) is 13.5. The van der Waals surface area contributed by atoms with E-state index in [0.717, 1.165) is 5.56 Å². The molecule has 1 atom stereocenters. The number of carbonyl (C=O) groups is 1. The summed E-state index contributed by atoms with van der Waals surface area (Å²) in [5.74, 6) is 1.15. The monoisotopic (exact) mass is 253 g/mol. The first kappa shape index (κ1) is 14.3. The maximum atomic E-state index is 11.4. The maximum absolute atomic E-state index is 11.4. The molecule has 100 valence electrons. The molecule has 0 bridgehead atoms. The summed E-state index contributed by atoms with van der Waals surface area (Å²) in [6.07, 6.45) is 0. The normalized spacial score (nSPS) is 11.8.